The van der Waals surface area contributed by atoms with Crippen molar-refractivity contribution in [2.24, 2.45) is 0 Å². The summed E-state index contributed by atoms with van der Waals surface area (Å²) in [4.78, 5) is 16.7. The van der Waals surface area contributed by atoms with Crippen LogP contribution in [-0.2, 0) is 10.0 Å². The molecule has 140 valence electrons. The number of rotatable bonds is 5. The number of amides is 1. The molecule has 0 bridgehead atoms. The lowest BCUT2D eigenvalue weighted by atomic mass is 10.1. The van der Waals surface area contributed by atoms with Crippen LogP contribution < -0.4 is 5.32 Å². The number of hydrogen-bond donors (Lipinski definition) is 1. The molecule has 8 nitrogen and oxygen atoms in total. The Balaban J connectivity index is 1.78. The molecule has 0 aliphatic carbocycles. The molecule has 2 aromatic carbocycles. The first-order chi connectivity index (χ1) is 12.8. The number of nitrogens with one attached hydrogen (secondary N) is 1. The van der Waals surface area contributed by atoms with Crippen molar-refractivity contribution in [1.29, 1.82) is 0 Å². The van der Waals surface area contributed by atoms with Crippen molar-refractivity contribution in [2.75, 3.05) is 19.4 Å². The lowest BCUT2D eigenvalue weighted by molar-refractivity contribution is 0.102. The molecule has 1 aromatic heterocycles. The molecule has 3 aromatic rings. The number of aryl methyl sites for hydroxylation is 1. The van der Waals surface area contributed by atoms with Crippen molar-refractivity contribution in [2.45, 2.75) is 11.8 Å². The minimum Gasteiger partial charge on any atom is -0.334 e. The Morgan fingerprint density at radius 2 is 1.81 bits per heavy atom. The van der Waals surface area contributed by atoms with E-state index < -0.39 is 10.0 Å². The second kappa shape index (κ2) is 7.29. The molecular weight excluding hydrogens is 368 g/mol. The van der Waals surface area contributed by atoms with E-state index in [1.165, 1.54) is 38.4 Å². The monoisotopic (exact) mass is 386 g/mol. The van der Waals surface area contributed by atoms with Gasteiger partial charge in [-0.15, -0.1) is 0 Å². The number of sulfonamides is 1. The van der Waals surface area contributed by atoms with Gasteiger partial charge in [0.05, 0.1) is 4.90 Å². The zero-order valence-electron chi connectivity index (χ0n) is 15.0. The van der Waals surface area contributed by atoms with Gasteiger partial charge in [0.2, 0.25) is 10.0 Å². The number of hydrogen-bond acceptors (Lipinski definition) is 6. The van der Waals surface area contributed by atoms with Gasteiger partial charge in [0, 0.05) is 30.9 Å². The molecular formula is C18H18N4O4S. The van der Waals surface area contributed by atoms with Gasteiger partial charge in [0.15, 0.2) is 5.82 Å². The van der Waals surface area contributed by atoms with Crippen molar-refractivity contribution < 1.29 is 17.7 Å². The highest BCUT2D eigenvalue weighted by Crippen LogP contribution is 2.22. The first-order valence-electron chi connectivity index (χ1n) is 8.02. The van der Waals surface area contributed by atoms with E-state index in [0.717, 1.165) is 4.31 Å². The molecule has 0 saturated heterocycles. The summed E-state index contributed by atoms with van der Waals surface area (Å²) in [5.41, 5.74) is 1.57. The van der Waals surface area contributed by atoms with Crippen LogP contribution in [0.3, 0.4) is 0 Å². The standard InChI is InChI=1S/C18H18N4O4S/c1-12-19-18(26-21-12)14-5-4-6-15(11-14)20-17(23)13-7-9-16(10-8-13)27(24,25)22(2)3/h4-11H,1-3H3,(H,20,23). The minimum atomic E-state index is -3.53. The van der Waals surface area contributed by atoms with Crippen LogP contribution in [0, 0.1) is 6.92 Å². The lowest BCUT2D eigenvalue weighted by Gasteiger charge is -2.11. The van der Waals surface area contributed by atoms with E-state index in [9.17, 15) is 13.2 Å². The maximum Gasteiger partial charge on any atom is 0.257 e. The van der Waals surface area contributed by atoms with E-state index in [1.807, 2.05) is 0 Å². The summed E-state index contributed by atoms with van der Waals surface area (Å²) < 4.78 is 30.4. The maximum atomic E-state index is 12.4. The minimum absolute atomic E-state index is 0.123. The molecule has 1 amide bonds. The first-order valence-corrected chi connectivity index (χ1v) is 9.46. The Morgan fingerprint density at radius 1 is 1.11 bits per heavy atom. The zero-order valence-corrected chi connectivity index (χ0v) is 15.8. The third-order valence-electron chi connectivity index (χ3n) is 3.79. The third kappa shape index (κ3) is 4.04. The maximum absolute atomic E-state index is 12.4. The van der Waals surface area contributed by atoms with Gasteiger partial charge in [-0.2, -0.15) is 4.98 Å². The largest absolute Gasteiger partial charge is 0.334 e. The Labute approximate surface area is 156 Å². The topological polar surface area (TPSA) is 105 Å². The highest BCUT2D eigenvalue weighted by molar-refractivity contribution is 7.89. The Kier molecular flexibility index (Phi) is 5.06. The molecule has 3 rings (SSSR count). The van der Waals surface area contributed by atoms with Crippen molar-refractivity contribution in [3.8, 4) is 11.5 Å². The second-order valence-corrected chi connectivity index (χ2v) is 8.15. The summed E-state index contributed by atoms with van der Waals surface area (Å²) in [6.45, 7) is 1.72. The second-order valence-electron chi connectivity index (χ2n) is 5.99. The quantitative estimate of drug-likeness (QED) is 0.722. The molecule has 0 radical (unpaired) electrons. The average molecular weight is 386 g/mol. The Hall–Kier alpha value is -3.04. The van der Waals surface area contributed by atoms with E-state index in [2.05, 4.69) is 15.5 Å². The fourth-order valence-corrected chi connectivity index (χ4v) is 3.24. The van der Waals surface area contributed by atoms with Gasteiger partial charge in [-0.25, -0.2) is 12.7 Å². The zero-order chi connectivity index (χ0) is 19.6. The van der Waals surface area contributed by atoms with E-state index >= 15 is 0 Å². The van der Waals surface area contributed by atoms with Gasteiger partial charge in [0.1, 0.15) is 0 Å². The van der Waals surface area contributed by atoms with Gasteiger partial charge < -0.3 is 9.84 Å². The number of aromatic nitrogens is 2. The Morgan fingerprint density at radius 3 is 2.41 bits per heavy atom. The molecule has 1 N–H and O–H groups in total. The highest BCUT2D eigenvalue weighted by Gasteiger charge is 2.17. The van der Waals surface area contributed by atoms with Crippen LogP contribution in [0.4, 0.5) is 5.69 Å². The number of carbonyl (C=O) groups excluding carboxylic acids is 1. The van der Waals surface area contributed by atoms with Gasteiger partial charge in [-0.1, -0.05) is 11.2 Å². The lowest BCUT2D eigenvalue weighted by Crippen LogP contribution is -2.22. The van der Waals surface area contributed by atoms with Crippen molar-refractivity contribution >= 4 is 21.6 Å². The van der Waals surface area contributed by atoms with Gasteiger partial charge in [-0.3, -0.25) is 4.79 Å². The molecule has 27 heavy (non-hydrogen) atoms. The van der Waals surface area contributed by atoms with E-state index in [1.54, 1.807) is 31.2 Å². The summed E-state index contributed by atoms with van der Waals surface area (Å²) in [6, 6.07) is 12.8. The molecule has 0 aliphatic heterocycles. The average Bonchev–Trinajstić information content (AvgIpc) is 3.08. The summed E-state index contributed by atoms with van der Waals surface area (Å²) in [7, 11) is -0.630. The molecule has 1 heterocycles. The predicted molar refractivity (Wildman–Crippen MR) is 99.7 cm³/mol. The van der Waals surface area contributed by atoms with Crippen LogP contribution >= 0.6 is 0 Å². The van der Waals surface area contributed by atoms with Crippen LogP contribution in [0.2, 0.25) is 0 Å². The molecule has 0 unspecified atom stereocenters. The van der Waals surface area contributed by atoms with Crippen LogP contribution in [0.25, 0.3) is 11.5 Å². The van der Waals surface area contributed by atoms with Crippen molar-refractivity contribution in [3.05, 3.63) is 59.9 Å². The van der Waals surface area contributed by atoms with Crippen molar-refractivity contribution in [3.63, 3.8) is 0 Å². The summed E-state index contributed by atoms with van der Waals surface area (Å²) in [6.07, 6.45) is 0. The van der Waals surface area contributed by atoms with Gasteiger partial charge in [-0.05, 0) is 49.4 Å². The highest BCUT2D eigenvalue weighted by atomic mass is 32.2. The fraction of sp³-hybridized carbons (Fsp3) is 0.167. The van der Waals surface area contributed by atoms with Gasteiger partial charge in [0.25, 0.3) is 11.8 Å². The molecule has 9 heteroatoms. The summed E-state index contributed by atoms with van der Waals surface area (Å²) in [5.74, 6) is 0.525. The first kappa shape index (κ1) is 18.7. The number of carbonyl (C=O) groups is 1. The van der Waals surface area contributed by atoms with E-state index in [0.29, 0.717) is 28.5 Å². The van der Waals surface area contributed by atoms with Crippen molar-refractivity contribution in [1.82, 2.24) is 14.4 Å². The number of nitrogens with zero attached hydrogens (tertiary/aromatic N) is 3. The molecule has 0 saturated carbocycles. The van der Waals surface area contributed by atoms with E-state index in [-0.39, 0.29) is 10.8 Å². The third-order valence-corrected chi connectivity index (χ3v) is 5.62. The molecule has 0 fully saturated rings. The summed E-state index contributed by atoms with van der Waals surface area (Å²) >= 11 is 0. The summed E-state index contributed by atoms with van der Waals surface area (Å²) in [5, 5.41) is 6.51. The van der Waals surface area contributed by atoms with Gasteiger partial charge >= 0.3 is 0 Å². The fourth-order valence-electron chi connectivity index (χ4n) is 2.34. The molecule has 0 spiro atoms. The van der Waals surface area contributed by atoms with Crippen LogP contribution in [0.15, 0.2) is 57.9 Å². The molecule has 0 atom stereocenters. The number of benzene rings is 2. The van der Waals surface area contributed by atoms with E-state index in [4.69, 9.17) is 4.52 Å². The number of anilines is 1. The smallest absolute Gasteiger partial charge is 0.257 e. The normalized spacial score (nSPS) is 11.6. The van der Waals surface area contributed by atoms with Crippen LogP contribution in [0.5, 0.6) is 0 Å². The Bertz CT molecular complexity index is 1070. The van der Waals surface area contributed by atoms with Crippen LogP contribution in [0.1, 0.15) is 16.2 Å². The predicted octanol–water partition coefficient (Wildman–Crippen LogP) is 2.55. The molecule has 0 aliphatic rings. The van der Waals surface area contributed by atoms with Crippen LogP contribution in [-0.4, -0.2) is 42.9 Å². The SMILES string of the molecule is Cc1noc(-c2cccc(NC(=O)c3ccc(S(=O)(=O)N(C)C)cc3)c2)n1.